The normalized spacial score (nSPS) is 10.6. The highest BCUT2D eigenvalue weighted by atomic mass is 35.5. The van der Waals surface area contributed by atoms with Crippen molar-refractivity contribution in [1.29, 1.82) is 0 Å². The molecular formula is C22H26Cl2N4O-2. The molecule has 3 aromatic rings. The van der Waals surface area contributed by atoms with E-state index in [-0.39, 0.29) is 24.8 Å². The Morgan fingerprint density at radius 2 is 1.69 bits per heavy atom. The van der Waals surface area contributed by atoms with Gasteiger partial charge in [0.2, 0.25) is 0 Å². The van der Waals surface area contributed by atoms with Gasteiger partial charge in [0.25, 0.3) is 0 Å². The first kappa shape index (κ1) is 24.7. The lowest BCUT2D eigenvalue weighted by atomic mass is 10.2. The Balaban J connectivity index is 0.00000210. The number of hydrogen-bond donors (Lipinski definition) is 1. The summed E-state index contributed by atoms with van der Waals surface area (Å²) in [5, 5.41) is 4.51. The molecular weight excluding hydrogens is 407 g/mol. The van der Waals surface area contributed by atoms with Gasteiger partial charge in [0, 0.05) is 11.9 Å². The minimum Gasteiger partial charge on any atom is -1.00 e. The van der Waals surface area contributed by atoms with Crippen LogP contribution < -0.4 is 34.9 Å². The molecule has 0 unspecified atom stereocenters. The van der Waals surface area contributed by atoms with E-state index in [0.29, 0.717) is 5.82 Å². The average molecular weight is 433 g/mol. The monoisotopic (exact) mass is 432 g/mol. The highest BCUT2D eigenvalue weighted by molar-refractivity contribution is 5.90. The van der Waals surface area contributed by atoms with Crippen molar-refractivity contribution in [2.75, 3.05) is 39.6 Å². The highest BCUT2D eigenvalue weighted by Gasteiger charge is 2.05. The lowest BCUT2D eigenvalue weighted by molar-refractivity contribution is -0.00100. The van der Waals surface area contributed by atoms with Crippen LogP contribution in [0.25, 0.3) is 23.1 Å². The van der Waals surface area contributed by atoms with E-state index >= 15 is 0 Å². The molecule has 1 N–H and O–H groups in total. The molecule has 0 fully saturated rings. The zero-order valence-corrected chi connectivity index (χ0v) is 18.4. The maximum Gasteiger partial charge on any atom is 0.154 e. The standard InChI is InChI=1S/C22H26N4O.2ClH/c1-26(2)16-6-15-23-22-19-7-4-5-8-20(19)24-21(25-22)14-11-17-9-12-18(27-3)13-10-17;;/h4-5,7-14H,6,15-16H2,1-3H3,(H,23,24,25);2*1H/p-2/b14-11+;;. The Hall–Kier alpha value is -2.34. The number of methoxy groups -OCH3 is 1. The van der Waals surface area contributed by atoms with Crippen molar-refractivity contribution in [3.05, 3.63) is 59.9 Å². The molecule has 0 aliphatic rings. The molecule has 0 saturated heterocycles. The molecule has 0 amide bonds. The first-order valence-electron chi connectivity index (χ1n) is 9.13. The van der Waals surface area contributed by atoms with E-state index in [4.69, 9.17) is 9.72 Å². The van der Waals surface area contributed by atoms with Crippen LogP contribution in [0, 0.1) is 0 Å². The molecule has 1 aromatic heterocycles. The maximum absolute atomic E-state index is 5.20. The molecule has 156 valence electrons. The third-order valence-electron chi connectivity index (χ3n) is 4.24. The van der Waals surface area contributed by atoms with E-state index in [1.165, 1.54) is 0 Å². The zero-order valence-electron chi connectivity index (χ0n) is 16.9. The number of nitrogens with one attached hydrogen (secondary N) is 1. The van der Waals surface area contributed by atoms with Crippen LogP contribution in [0.1, 0.15) is 17.8 Å². The van der Waals surface area contributed by atoms with Gasteiger partial charge in [-0.25, -0.2) is 9.97 Å². The molecule has 3 rings (SSSR count). The quantitative estimate of drug-likeness (QED) is 0.424. The highest BCUT2D eigenvalue weighted by Crippen LogP contribution is 2.21. The second kappa shape index (κ2) is 12.3. The minimum absolute atomic E-state index is 0. The maximum atomic E-state index is 5.20. The molecule has 0 aliphatic heterocycles. The summed E-state index contributed by atoms with van der Waals surface area (Å²) in [7, 11) is 5.84. The molecule has 7 heteroatoms. The second-order valence-corrected chi connectivity index (χ2v) is 6.64. The largest absolute Gasteiger partial charge is 1.00 e. The number of nitrogens with zero attached hydrogens (tertiary/aromatic N) is 3. The van der Waals surface area contributed by atoms with E-state index in [0.717, 1.165) is 47.5 Å². The molecule has 0 radical (unpaired) electrons. The van der Waals surface area contributed by atoms with Gasteiger partial charge in [-0.1, -0.05) is 30.3 Å². The van der Waals surface area contributed by atoms with Crippen molar-refractivity contribution in [3.63, 3.8) is 0 Å². The Labute approximate surface area is 185 Å². The van der Waals surface area contributed by atoms with Gasteiger partial charge < -0.3 is 39.8 Å². The smallest absolute Gasteiger partial charge is 0.154 e. The van der Waals surface area contributed by atoms with Crippen LogP contribution in [-0.2, 0) is 0 Å². The Bertz CT molecular complexity index is 914. The van der Waals surface area contributed by atoms with E-state index in [1.54, 1.807) is 7.11 Å². The summed E-state index contributed by atoms with van der Waals surface area (Å²) in [5.74, 6) is 2.42. The van der Waals surface area contributed by atoms with Crippen LogP contribution in [0.2, 0.25) is 0 Å². The summed E-state index contributed by atoms with van der Waals surface area (Å²) in [6.07, 6.45) is 5.01. The molecule has 2 aromatic carbocycles. The molecule has 0 bridgehead atoms. The van der Waals surface area contributed by atoms with E-state index in [1.807, 2.05) is 54.6 Å². The van der Waals surface area contributed by atoms with Crippen LogP contribution in [0.5, 0.6) is 5.75 Å². The second-order valence-electron chi connectivity index (χ2n) is 6.64. The van der Waals surface area contributed by atoms with Gasteiger partial charge in [0.05, 0.1) is 12.6 Å². The van der Waals surface area contributed by atoms with Crippen molar-refractivity contribution in [2.24, 2.45) is 0 Å². The third kappa shape index (κ3) is 7.20. The lowest BCUT2D eigenvalue weighted by Gasteiger charge is -2.12. The molecule has 0 spiro atoms. The fraction of sp³-hybridized carbons (Fsp3) is 0.273. The fourth-order valence-electron chi connectivity index (χ4n) is 2.79. The van der Waals surface area contributed by atoms with E-state index in [2.05, 4.69) is 35.4 Å². The van der Waals surface area contributed by atoms with Gasteiger partial charge in [0.1, 0.15) is 11.6 Å². The number of benzene rings is 2. The molecule has 5 nitrogen and oxygen atoms in total. The van der Waals surface area contributed by atoms with Crippen molar-refractivity contribution >= 4 is 28.9 Å². The summed E-state index contributed by atoms with van der Waals surface area (Å²) >= 11 is 0. The molecule has 0 aliphatic carbocycles. The van der Waals surface area contributed by atoms with Crippen LogP contribution in [0.3, 0.4) is 0 Å². The predicted molar refractivity (Wildman–Crippen MR) is 113 cm³/mol. The lowest BCUT2D eigenvalue weighted by Crippen LogP contribution is -3.00. The topological polar surface area (TPSA) is 50.3 Å². The van der Waals surface area contributed by atoms with Gasteiger partial charge in [-0.2, -0.15) is 0 Å². The van der Waals surface area contributed by atoms with Gasteiger partial charge in [-0.15, -0.1) is 0 Å². The van der Waals surface area contributed by atoms with Crippen LogP contribution in [0.15, 0.2) is 48.5 Å². The predicted octanol–water partition coefficient (Wildman–Crippen LogP) is -1.82. The van der Waals surface area contributed by atoms with E-state index < -0.39 is 0 Å². The Morgan fingerprint density at radius 1 is 0.966 bits per heavy atom. The van der Waals surface area contributed by atoms with Crippen molar-refractivity contribution in [1.82, 2.24) is 14.9 Å². The summed E-state index contributed by atoms with van der Waals surface area (Å²) < 4.78 is 5.20. The van der Waals surface area contributed by atoms with Gasteiger partial charge in [-0.3, -0.25) is 0 Å². The fourth-order valence-corrected chi connectivity index (χ4v) is 2.79. The van der Waals surface area contributed by atoms with Crippen LogP contribution >= 0.6 is 0 Å². The number of ether oxygens (including phenoxy) is 1. The summed E-state index contributed by atoms with van der Waals surface area (Å²) in [5.41, 5.74) is 2.02. The average Bonchev–Trinajstić information content (AvgIpc) is 2.69. The van der Waals surface area contributed by atoms with Crippen LogP contribution in [0.4, 0.5) is 5.82 Å². The van der Waals surface area contributed by atoms with Crippen molar-refractivity contribution in [2.45, 2.75) is 6.42 Å². The SMILES string of the molecule is COc1ccc(/C=C/c2nc(NCCCN(C)C)c3ccccc3n2)cc1.[Cl-].[Cl-]. The van der Waals surface area contributed by atoms with Gasteiger partial charge in [0.15, 0.2) is 5.82 Å². The summed E-state index contributed by atoms with van der Waals surface area (Å²) in [6.45, 7) is 1.92. The summed E-state index contributed by atoms with van der Waals surface area (Å²) in [6, 6.07) is 16.0. The minimum atomic E-state index is 0. The first-order valence-corrected chi connectivity index (χ1v) is 9.13. The Kier molecular flexibility index (Phi) is 10.5. The first-order chi connectivity index (χ1) is 13.2. The third-order valence-corrected chi connectivity index (χ3v) is 4.24. The number of fused-ring (bicyclic) bond motifs is 1. The number of aromatic nitrogens is 2. The molecule has 1 heterocycles. The number of para-hydroxylation sites is 1. The molecule has 0 atom stereocenters. The van der Waals surface area contributed by atoms with E-state index in [9.17, 15) is 0 Å². The van der Waals surface area contributed by atoms with Crippen molar-refractivity contribution < 1.29 is 29.6 Å². The Morgan fingerprint density at radius 3 is 2.38 bits per heavy atom. The zero-order chi connectivity index (χ0) is 19.1. The molecule has 0 saturated carbocycles. The van der Waals surface area contributed by atoms with Gasteiger partial charge in [-0.05, 0) is 63.0 Å². The number of halogens is 2. The summed E-state index contributed by atoms with van der Waals surface area (Å²) in [4.78, 5) is 11.6. The number of anilines is 1. The molecule has 29 heavy (non-hydrogen) atoms. The van der Waals surface area contributed by atoms with Gasteiger partial charge >= 0.3 is 0 Å². The number of hydrogen-bond acceptors (Lipinski definition) is 5. The van der Waals surface area contributed by atoms with Crippen molar-refractivity contribution in [3.8, 4) is 5.75 Å². The number of rotatable bonds is 8. The van der Waals surface area contributed by atoms with Crippen LogP contribution in [-0.4, -0.2) is 49.2 Å².